The summed E-state index contributed by atoms with van der Waals surface area (Å²) in [5, 5.41) is 20.7. The molecule has 0 fully saturated rings. The predicted octanol–water partition coefficient (Wildman–Crippen LogP) is 4.81. The molecule has 0 radical (unpaired) electrons. The zero-order chi connectivity index (χ0) is 18.9. The second kappa shape index (κ2) is 6.91. The van der Waals surface area contributed by atoms with Crippen LogP contribution in [0.1, 0.15) is 75.0 Å². The van der Waals surface area contributed by atoms with Gasteiger partial charge in [0.25, 0.3) is 0 Å². The van der Waals surface area contributed by atoms with E-state index in [4.69, 9.17) is 0 Å². The topological polar surface area (TPSA) is 40.5 Å². The molecule has 0 amide bonds. The van der Waals surface area contributed by atoms with Crippen LogP contribution < -0.4 is 0 Å². The van der Waals surface area contributed by atoms with E-state index in [2.05, 4.69) is 51.7 Å². The van der Waals surface area contributed by atoms with Crippen LogP contribution in [0, 0.1) is 11.8 Å². The lowest BCUT2D eigenvalue weighted by atomic mass is 9.63. The summed E-state index contributed by atoms with van der Waals surface area (Å²) in [5.41, 5.74) is 4.45. The molecule has 0 heterocycles. The van der Waals surface area contributed by atoms with Crippen LogP contribution in [0.5, 0.6) is 0 Å². The van der Waals surface area contributed by atoms with E-state index >= 15 is 0 Å². The molecule has 2 aromatic carbocycles. The molecule has 2 N–H and O–H groups in total. The number of aliphatic hydroxyl groups excluding tert-OH is 2. The first kappa shape index (κ1) is 18.7. The Morgan fingerprint density at radius 2 is 1.27 bits per heavy atom. The van der Waals surface area contributed by atoms with Crippen LogP contribution in [0.2, 0.25) is 0 Å². The lowest BCUT2D eigenvalue weighted by Crippen LogP contribution is -2.34. The van der Waals surface area contributed by atoms with Crippen molar-refractivity contribution in [2.24, 2.45) is 0 Å². The standard InChI is InChI=1S/C24H28O2/c1-23(2)14-15-24(3,4)20-16-18(10-11-19(20)23)22(26)13-12-21(25)17-8-6-5-7-9-17/h5-11,16,21-22,25-26H,14-15H2,1-4H3. The maximum absolute atomic E-state index is 10.5. The molecular weight excluding hydrogens is 320 g/mol. The van der Waals surface area contributed by atoms with Crippen molar-refractivity contribution in [1.82, 2.24) is 0 Å². The average molecular weight is 348 g/mol. The molecule has 0 saturated heterocycles. The SMILES string of the molecule is CC1(C)CCC(C)(C)c2cc(C(O)C#CC(O)c3ccccc3)ccc21. The van der Waals surface area contributed by atoms with Crippen molar-refractivity contribution in [1.29, 1.82) is 0 Å². The van der Waals surface area contributed by atoms with Crippen molar-refractivity contribution < 1.29 is 10.2 Å². The zero-order valence-corrected chi connectivity index (χ0v) is 16.1. The van der Waals surface area contributed by atoms with Crippen LogP contribution in [0.15, 0.2) is 48.5 Å². The number of rotatable bonds is 2. The van der Waals surface area contributed by atoms with Gasteiger partial charge in [0.1, 0.15) is 12.2 Å². The molecule has 2 aromatic rings. The Labute approximate surface area is 156 Å². The van der Waals surface area contributed by atoms with Gasteiger partial charge in [0, 0.05) is 0 Å². The minimum Gasteiger partial charge on any atom is -0.376 e. The summed E-state index contributed by atoms with van der Waals surface area (Å²) in [5.74, 6) is 5.58. The molecule has 26 heavy (non-hydrogen) atoms. The van der Waals surface area contributed by atoms with Crippen LogP contribution in [0.3, 0.4) is 0 Å². The number of hydrogen-bond donors (Lipinski definition) is 2. The average Bonchev–Trinajstić information content (AvgIpc) is 2.63. The summed E-state index contributed by atoms with van der Waals surface area (Å²) in [4.78, 5) is 0. The quantitative estimate of drug-likeness (QED) is 0.765. The summed E-state index contributed by atoms with van der Waals surface area (Å²) in [6, 6.07) is 15.5. The van der Waals surface area contributed by atoms with Gasteiger partial charge in [-0.15, -0.1) is 0 Å². The van der Waals surface area contributed by atoms with Gasteiger partial charge in [-0.3, -0.25) is 0 Å². The number of aliphatic hydroxyl groups is 2. The van der Waals surface area contributed by atoms with Crippen molar-refractivity contribution in [2.45, 2.75) is 63.6 Å². The third-order valence-corrected chi connectivity index (χ3v) is 5.66. The van der Waals surface area contributed by atoms with E-state index in [0.29, 0.717) is 0 Å². The van der Waals surface area contributed by atoms with Crippen LogP contribution in [-0.4, -0.2) is 10.2 Å². The van der Waals surface area contributed by atoms with E-state index in [1.807, 2.05) is 36.4 Å². The fourth-order valence-electron chi connectivity index (χ4n) is 3.74. The highest BCUT2D eigenvalue weighted by molar-refractivity contribution is 5.45. The van der Waals surface area contributed by atoms with Crippen molar-refractivity contribution in [2.75, 3.05) is 0 Å². The van der Waals surface area contributed by atoms with Crippen molar-refractivity contribution in [3.63, 3.8) is 0 Å². The van der Waals surface area contributed by atoms with E-state index in [1.165, 1.54) is 11.1 Å². The van der Waals surface area contributed by atoms with Crippen molar-refractivity contribution in [3.05, 3.63) is 70.8 Å². The van der Waals surface area contributed by atoms with Gasteiger partial charge in [-0.2, -0.15) is 0 Å². The third-order valence-electron chi connectivity index (χ3n) is 5.66. The van der Waals surface area contributed by atoms with Gasteiger partial charge >= 0.3 is 0 Å². The molecule has 0 spiro atoms. The molecule has 3 rings (SSSR count). The first-order chi connectivity index (χ1) is 12.2. The molecule has 0 bridgehead atoms. The Bertz CT molecular complexity index is 838. The Hall–Kier alpha value is -2.08. The Morgan fingerprint density at radius 1 is 0.731 bits per heavy atom. The lowest BCUT2D eigenvalue weighted by molar-refractivity contribution is 0.227. The lowest BCUT2D eigenvalue weighted by Gasteiger charge is -2.42. The molecule has 2 unspecified atom stereocenters. The molecule has 0 aliphatic heterocycles. The van der Waals surface area contributed by atoms with E-state index in [9.17, 15) is 10.2 Å². The smallest absolute Gasteiger partial charge is 0.140 e. The Kier molecular flexibility index (Phi) is 4.97. The first-order valence-electron chi connectivity index (χ1n) is 9.28. The summed E-state index contributed by atoms with van der Waals surface area (Å²) in [7, 11) is 0. The molecule has 2 atom stereocenters. The second-order valence-electron chi connectivity index (χ2n) is 8.58. The van der Waals surface area contributed by atoms with Gasteiger partial charge in [-0.1, -0.05) is 88.1 Å². The van der Waals surface area contributed by atoms with Crippen molar-refractivity contribution >= 4 is 0 Å². The van der Waals surface area contributed by atoms with Gasteiger partial charge in [0.05, 0.1) is 0 Å². The van der Waals surface area contributed by atoms with Gasteiger partial charge in [-0.05, 0) is 45.9 Å². The normalized spacial score (nSPS) is 19.6. The molecule has 1 aliphatic carbocycles. The molecule has 1 aliphatic rings. The maximum atomic E-state index is 10.5. The molecule has 2 nitrogen and oxygen atoms in total. The largest absolute Gasteiger partial charge is 0.376 e. The molecular formula is C24H28O2. The minimum absolute atomic E-state index is 0.0948. The highest BCUT2D eigenvalue weighted by atomic mass is 16.3. The second-order valence-corrected chi connectivity index (χ2v) is 8.58. The maximum Gasteiger partial charge on any atom is 0.140 e. The highest BCUT2D eigenvalue weighted by Gasteiger charge is 2.37. The van der Waals surface area contributed by atoms with Crippen LogP contribution in [-0.2, 0) is 10.8 Å². The van der Waals surface area contributed by atoms with E-state index in [-0.39, 0.29) is 10.8 Å². The predicted molar refractivity (Wildman–Crippen MR) is 106 cm³/mol. The number of fused-ring (bicyclic) bond motifs is 1. The highest BCUT2D eigenvalue weighted by Crippen LogP contribution is 2.46. The van der Waals surface area contributed by atoms with Gasteiger partial charge in [0.15, 0.2) is 0 Å². The van der Waals surface area contributed by atoms with Gasteiger partial charge in [-0.25, -0.2) is 0 Å². The number of benzene rings is 2. The molecule has 0 saturated carbocycles. The van der Waals surface area contributed by atoms with E-state index in [0.717, 1.165) is 24.0 Å². The summed E-state index contributed by atoms with van der Waals surface area (Å²) < 4.78 is 0. The summed E-state index contributed by atoms with van der Waals surface area (Å²) in [6.07, 6.45) is 0.501. The van der Waals surface area contributed by atoms with Crippen LogP contribution >= 0.6 is 0 Å². The minimum atomic E-state index is -0.903. The van der Waals surface area contributed by atoms with Crippen LogP contribution in [0.25, 0.3) is 0 Å². The van der Waals surface area contributed by atoms with Crippen LogP contribution in [0.4, 0.5) is 0 Å². The molecule has 136 valence electrons. The van der Waals surface area contributed by atoms with E-state index in [1.54, 1.807) is 0 Å². The first-order valence-corrected chi connectivity index (χ1v) is 9.28. The number of hydrogen-bond acceptors (Lipinski definition) is 2. The Balaban J connectivity index is 1.88. The fraction of sp³-hybridized carbons (Fsp3) is 0.417. The fourth-order valence-corrected chi connectivity index (χ4v) is 3.74. The monoisotopic (exact) mass is 348 g/mol. The van der Waals surface area contributed by atoms with Crippen molar-refractivity contribution in [3.8, 4) is 11.8 Å². The Morgan fingerprint density at radius 3 is 1.88 bits per heavy atom. The summed E-state index contributed by atoms with van der Waals surface area (Å²) >= 11 is 0. The molecule has 2 heteroatoms. The van der Waals surface area contributed by atoms with Gasteiger partial charge in [0.2, 0.25) is 0 Å². The van der Waals surface area contributed by atoms with E-state index < -0.39 is 12.2 Å². The zero-order valence-electron chi connectivity index (χ0n) is 16.1. The summed E-state index contributed by atoms with van der Waals surface area (Å²) in [6.45, 7) is 9.10. The van der Waals surface area contributed by atoms with Gasteiger partial charge < -0.3 is 10.2 Å². The molecule has 0 aromatic heterocycles. The third kappa shape index (κ3) is 3.70.